The summed E-state index contributed by atoms with van der Waals surface area (Å²) in [7, 11) is 5.00. The van der Waals surface area contributed by atoms with Crippen molar-refractivity contribution >= 4 is 30.3 Å². The maximum atomic E-state index is 12.0. The molecule has 2 rings (SSSR count). The fourth-order valence-corrected chi connectivity index (χ4v) is 6.01. The van der Waals surface area contributed by atoms with Crippen molar-refractivity contribution in [1.29, 1.82) is 0 Å². The first kappa shape index (κ1) is 14.5. The summed E-state index contributed by atoms with van der Waals surface area (Å²) in [4.78, 5) is 24.8. The van der Waals surface area contributed by atoms with Crippen LogP contribution >= 0.6 is 18.3 Å². The number of hydrogen-bond acceptors (Lipinski definition) is 5. The van der Waals surface area contributed by atoms with Gasteiger partial charge in [-0.3, -0.25) is 0 Å². The molecule has 1 aromatic rings. The summed E-state index contributed by atoms with van der Waals surface area (Å²) >= 11 is 0. The number of carbonyl (C=O) groups excluding carboxylic acids is 2. The van der Waals surface area contributed by atoms with Gasteiger partial charge >= 0.3 is 11.9 Å². The lowest BCUT2D eigenvalue weighted by molar-refractivity contribution is 0.0558. The topological polar surface area (TPSA) is 52.6 Å². The van der Waals surface area contributed by atoms with Gasteiger partial charge < -0.3 is 9.47 Å². The van der Waals surface area contributed by atoms with E-state index in [-0.39, 0.29) is 5.41 Å². The molecule has 0 radical (unpaired) electrons. The van der Waals surface area contributed by atoms with Crippen LogP contribution in [0.4, 0.5) is 0 Å². The molecule has 0 aliphatic heterocycles. The molecule has 1 aliphatic rings. The second-order valence-corrected chi connectivity index (χ2v) is 7.30. The molecular formula is C13H17O4PS. The van der Waals surface area contributed by atoms with Crippen LogP contribution in [-0.4, -0.2) is 26.2 Å². The molecule has 0 aromatic carbocycles. The first-order chi connectivity index (χ1) is 9.03. The predicted octanol–water partition coefficient (Wildman–Crippen LogP) is 3.73. The van der Waals surface area contributed by atoms with E-state index in [4.69, 9.17) is 9.47 Å². The normalized spacial score (nSPS) is 17.6. The summed E-state index contributed by atoms with van der Waals surface area (Å²) in [6.45, 7) is 2.17. The average molecular weight is 300 g/mol. The molecule has 104 valence electrons. The minimum absolute atomic E-state index is 0.00301. The van der Waals surface area contributed by atoms with E-state index in [2.05, 4.69) is 6.92 Å². The average Bonchev–Trinajstić information content (AvgIpc) is 3.03. The van der Waals surface area contributed by atoms with Crippen LogP contribution in [0.3, 0.4) is 0 Å². The van der Waals surface area contributed by atoms with Crippen LogP contribution < -0.4 is 0 Å². The van der Waals surface area contributed by atoms with E-state index in [0.717, 1.165) is 25.1 Å². The lowest BCUT2D eigenvalue weighted by Gasteiger charge is -2.23. The molecule has 4 nitrogen and oxygen atoms in total. The SMILES string of the molecule is COC(=O)c1psc(C2(C)CCCC2)c1C(=O)OC. The monoisotopic (exact) mass is 300 g/mol. The van der Waals surface area contributed by atoms with Crippen LogP contribution in [-0.2, 0) is 14.9 Å². The minimum atomic E-state index is -0.439. The van der Waals surface area contributed by atoms with Gasteiger partial charge in [0.25, 0.3) is 0 Å². The Hall–Kier alpha value is -0.930. The molecule has 1 aromatic heterocycles. The Bertz CT molecular complexity index is 503. The highest BCUT2D eigenvalue weighted by molar-refractivity contribution is 7.81. The molecule has 1 heterocycles. The Morgan fingerprint density at radius 3 is 2.26 bits per heavy atom. The zero-order chi connectivity index (χ0) is 14.0. The summed E-state index contributed by atoms with van der Waals surface area (Å²) in [5.41, 5.74) is 0.433. The largest absolute Gasteiger partial charge is 0.465 e. The van der Waals surface area contributed by atoms with E-state index in [1.807, 2.05) is 0 Å². The van der Waals surface area contributed by atoms with Crippen molar-refractivity contribution in [3.8, 4) is 0 Å². The van der Waals surface area contributed by atoms with Crippen LogP contribution in [0.15, 0.2) is 0 Å². The molecule has 1 fully saturated rings. The lowest BCUT2D eigenvalue weighted by Crippen LogP contribution is -2.21. The number of carbonyl (C=O) groups is 2. The molecule has 0 atom stereocenters. The van der Waals surface area contributed by atoms with Gasteiger partial charge in [-0.05, 0) is 12.8 Å². The zero-order valence-corrected chi connectivity index (χ0v) is 13.0. The number of ether oxygens (including phenoxy) is 2. The predicted molar refractivity (Wildman–Crippen MR) is 75.3 cm³/mol. The standard InChI is InChI=1S/C13H17O4PS/c1-13(6-4-5-7-13)10-8(11(14)16-2)9(18-19-10)12(15)17-3/h4-7H2,1-3H3. The van der Waals surface area contributed by atoms with E-state index in [1.165, 1.54) is 27.1 Å². The van der Waals surface area contributed by atoms with Crippen molar-refractivity contribution in [3.63, 3.8) is 0 Å². The third-order valence-corrected chi connectivity index (χ3v) is 6.64. The van der Waals surface area contributed by atoms with E-state index < -0.39 is 11.9 Å². The summed E-state index contributed by atoms with van der Waals surface area (Å²) in [6, 6.07) is 0. The van der Waals surface area contributed by atoms with Crippen LogP contribution in [0.25, 0.3) is 0 Å². The Balaban J connectivity index is 2.52. The quantitative estimate of drug-likeness (QED) is 0.798. The molecule has 19 heavy (non-hydrogen) atoms. The summed E-state index contributed by atoms with van der Waals surface area (Å²) in [6.07, 6.45) is 4.44. The van der Waals surface area contributed by atoms with Crippen molar-refractivity contribution in [3.05, 3.63) is 15.7 Å². The molecule has 0 unspecified atom stereocenters. The summed E-state index contributed by atoms with van der Waals surface area (Å²) in [5, 5.41) is 0.419. The van der Waals surface area contributed by atoms with Gasteiger partial charge in [-0.25, -0.2) is 9.59 Å². The van der Waals surface area contributed by atoms with Crippen molar-refractivity contribution in [1.82, 2.24) is 0 Å². The van der Waals surface area contributed by atoms with Gasteiger partial charge in [0.1, 0.15) is 5.30 Å². The Kier molecular flexibility index (Phi) is 4.26. The lowest BCUT2D eigenvalue weighted by atomic mass is 9.84. The van der Waals surface area contributed by atoms with Gasteiger partial charge in [0.05, 0.1) is 19.8 Å². The third kappa shape index (κ3) is 2.54. The molecule has 1 saturated carbocycles. The van der Waals surface area contributed by atoms with Crippen LogP contribution in [0.5, 0.6) is 0 Å². The van der Waals surface area contributed by atoms with Gasteiger partial charge in [-0.2, -0.15) is 0 Å². The first-order valence-corrected chi connectivity index (χ1v) is 8.52. The maximum Gasteiger partial charge on any atom is 0.344 e. The molecule has 1 aliphatic carbocycles. The smallest absolute Gasteiger partial charge is 0.344 e. The van der Waals surface area contributed by atoms with E-state index in [9.17, 15) is 9.59 Å². The van der Waals surface area contributed by atoms with Gasteiger partial charge in [-0.1, -0.05) is 19.8 Å². The Morgan fingerprint density at radius 1 is 1.16 bits per heavy atom. The summed E-state index contributed by atoms with van der Waals surface area (Å²) < 4.78 is 9.62. The van der Waals surface area contributed by atoms with E-state index in [1.54, 1.807) is 10.9 Å². The van der Waals surface area contributed by atoms with Crippen LogP contribution in [0, 0.1) is 0 Å². The van der Waals surface area contributed by atoms with E-state index >= 15 is 0 Å². The highest BCUT2D eigenvalue weighted by Crippen LogP contribution is 2.48. The van der Waals surface area contributed by atoms with Crippen molar-refractivity contribution < 1.29 is 19.1 Å². The molecule has 6 heteroatoms. The maximum absolute atomic E-state index is 12.0. The van der Waals surface area contributed by atoms with Crippen LogP contribution in [0.2, 0.25) is 0 Å². The third-order valence-electron chi connectivity index (χ3n) is 3.72. The highest BCUT2D eigenvalue weighted by Gasteiger charge is 2.38. The first-order valence-electron chi connectivity index (χ1n) is 6.20. The molecule has 0 amide bonds. The Morgan fingerprint density at radius 2 is 1.74 bits per heavy atom. The molecule has 0 bridgehead atoms. The molecule has 0 spiro atoms. The minimum Gasteiger partial charge on any atom is -0.465 e. The van der Waals surface area contributed by atoms with Gasteiger partial charge in [0.15, 0.2) is 0 Å². The van der Waals surface area contributed by atoms with Gasteiger partial charge in [0.2, 0.25) is 0 Å². The van der Waals surface area contributed by atoms with Gasteiger partial charge in [0, 0.05) is 17.7 Å². The van der Waals surface area contributed by atoms with Crippen molar-refractivity contribution in [2.45, 2.75) is 38.0 Å². The fraction of sp³-hybridized carbons (Fsp3) is 0.615. The van der Waals surface area contributed by atoms with Gasteiger partial charge in [-0.15, -0.1) is 10.9 Å². The molecule has 0 N–H and O–H groups in total. The van der Waals surface area contributed by atoms with E-state index in [0.29, 0.717) is 10.9 Å². The number of esters is 2. The van der Waals surface area contributed by atoms with Crippen molar-refractivity contribution in [2.75, 3.05) is 14.2 Å². The van der Waals surface area contributed by atoms with Crippen LogP contribution in [0.1, 0.15) is 57.9 Å². The summed E-state index contributed by atoms with van der Waals surface area (Å²) in [5.74, 6) is -0.868. The zero-order valence-electron chi connectivity index (χ0n) is 11.3. The number of methoxy groups -OCH3 is 2. The fourth-order valence-electron chi connectivity index (χ4n) is 2.61. The Labute approximate surface area is 118 Å². The molecular weight excluding hydrogens is 283 g/mol. The number of rotatable bonds is 3. The van der Waals surface area contributed by atoms with Crippen molar-refractivity contribution in [2.24, 2.45) is 0 Å². The second-order valence-electron chi connectivity index (χ2n) is 4.99. The number of hydrogen-bond donors (Lipinski definition) is 0. The second kappa shape index (κ2) is 5.59. The molecule has 0 saturated heterocycles. The highest BCUT2D eigenvalue weighted by atomic mass is 32.5.